The second-order valence-electron chi connectivity index (χ2n) is 5.72. The van der Waals surface area contributed by atoms with Crippen LogP contribution in [-0.4, -0.2) is 42.9 Å². The van der Waals surface area contributed by atoms with E-state index in [-0.39, 0.29) is 5.69 Å². The number of hydrogen-bond donors (Lipinski definition) is 1. The Morgan fingerprint density at radius 3 is 2.40 bits per heavy atom. The standard InChI is InChI=1S/C18H17ClFN3O2/c19-13-3-1-6-16(11-13)22-7-9-23(10-8-22)18(25)17(24)21-15-5-2-4-14(20)12-15/h1-6,11-12H,7-10H2,(H,21,24). The van der Waals surface area contributed by atoms with Crippen LogP contribution >= 0.6 is 11.6 Å². The van der Waals surface area contributed by atoms with E-state index in [0.717, 1.165) is 5.69 Å². The van der Waals surface area contributed by atoms with Crippen molar-refractivity contribution in [1.82, 2.24) is 4.90 Å². The van der Waals surface area contributed by atoms with Crippen LogP contribution in [0.15, 0.2) is 48.5 Å². The quantitative estimate of drug-likeness (QED) is 0.837. The van der Waals surface area contributed by atoms with Crippen LogP contribution in [0, 0.1) is 5.82 Å². The largest absolute Gasteiger partial charge is 0.368 e. The highest BCUT2D eigenvalue weighted by molar-refractivity contribution is 6.39. The number of nitrogens with zero attached hydrogens (tertiary/aromatic N) is 2. The van der Waals surface area contributed by atoms with Crippen LogP contribution in [0.4, 0.5) is 15.8 Å². The minimum atomic E-state index is -0.762. The summed E-state index contributed by atoms with van der Waals surface area (Å²) >= 11 is 6.00. The lowest BCUT2D eigenvalue weighted by Gasteiger charge is -2.35. The van der Waals surface area contributed by atoms with E-state index in [1.165, 1.54) is 29.2 Å². The molecule has 1 heterocycles. The first kappa shape index (κ1) is 17.2. The number of nitrogens with one attached hydrogen (secondary N) is 1. The molecule has 0 spiro atoms. The third kappa shape index (κ3) is 4.28. The topological polar surface area (TPSA) is 52.7 Å². The van der Waals surface area contributed by atoms with Crippen LogP contribution in [0.2, 0.25) is 5.02 Å². The van der Waals surface area contributed by atoms with E-state index in [9.17, 15) is 14.0 Å². The Morgan fingerprint density at radius 2 is 1.72 bits per heavy atom. The normalized spacial score (nSPS) is 14.3. The molecule has 1 aliphatic rings. The smallest absolute Gasteiger partial charge is 0.313 e. The maximum atomic E-state index is 13.1. The first-order valence-corrected chi connectivity index (χ1v) is 8.27. The molecule has 1 saturated heterocycles. The van der Waals surface area contributed by atoms with Gasteiger partial charge in [-0.1, -0.05) is 23.7 Å². The molecule has 0 saturated carbocycles. The molecule has 2 aromatic carbocycles. The van der Waals surface area contributed by atoms with Gasteiger partial charge in [0.1, 0.15) is 5.82 Å². The Morgan fingerprint density at radius 1 is 1.00 bits per heavy atom. The summed E-state index contributed by atoms with van der Waals surface area (Å²) in [5.41, 5.74) is 1.25. The van der Waals surface area contributed by atoms with Gasteiger partial charge in [0, 0.05) is 42.6 Å². The third-order valence-electron chi connectivity index (χ3n) is 4.02. The number of amides is 2. The van der Waals surface area contributed by atoms with E-state index in [4.69, 9.17) is 11.6 Å². The van der Waals surface area contributed by atoms with Crippen LogP contribution in [0.1, 0.15) is 0 Å². The maximum absolute atomic E-state index is 13.1. The molecule has 0 aliphatic carbocycles. The van der Waals surface area contributed by atoms with Crippen molar-refractivity contribution in [2.75, 3.05) is 36.4 Å². The molecule has 7 heteroatoms. The second kappa shape index (κ2) is 7.53. The number of hydrogen-bond acceptors (Lipinski definition) is 3. The first-order valence-electron chi connectivity index (χ1n) is 7.89. The summed E-state index contributed by atoms with van der Waals surface area (Å²) in [6.45, 7) is 2.09. The van der Waals surface area contributed by atoms with Crippen molar-refractivity contribution in [1.29, 1.82) is 0 Å². The number of carbonyl (C=O) groups is 2. The maximum Gasteiger partial charge on any atom is 0.313 e. The lowest BCUT2D eigenvalue weighted by Crippen LogP contribution is -2.51. The van der Waals surface area contributed by atoms with Crippen molar-refractivity contribution in [2.24, 2.45) is 0 Å². The minimum absolute atomic E-state index is 0.260. The van der Waals surface area contributed by atoms with Gasteiger partial charge in [-0.05, 0) is 36.4 Å². The molecule has 0 unspecified atom stereocenters. The van der Waals surface area contributed by atoms with Crippen LogP contribution in [0.25, 0.3) is 0 Å². The highest BCUT2D eigenvalue weighted by Crippen LogP contribution is 2.21. The molecular weight excluding hydrogens is 345 g/mol. The molecule has 25 heavy (non-hydrogen) atoms. The van der Waals surface area contributed by atoms with Gasteiger partial charge in [-0.2, -0.15) is 0 Å². The van der Waals surface area contributed by atoms with Crippen molar-refractivity contribution >= 4 is 34.8 Å². The zero-order chi connectivity index (χ0) is 17.8. The third-order valence-corrected chi connectivity index (χ3v) is 4.25. The van der Waals surface area contributed by atoms with Crippen molar-refractivity contribution < 1.29 is 14.0 Å². The predicted octanol–water partition coefficient (Wildman–Crippen LogP) is 2.77. The monoisotopic (exact) mass is 361 g/mol. The molecule has 0 radical (unpaired) electrons. The SMILES string of the molecule is O=C(Nc1cccc(F)c1)C(=O)N1CCN(c2cccc(Cl)c2)CC1. The number of anilines is 2. The van der Waals surface area contributed by atoms with E-state index in [1.54, 1.807) is 0 Å². The van der Waals surface area contributed by atoms with Crippen molar-refractivity contribution in [3.05, 3.63) is 59.4 Å². The van der Waals surface area contributed by atoms with Gasteiger partial charge in [0.2, 0.25) is 0 Å². The molecule has 130 valence electrons. The Labute approximate surface area is 150 Å². The fourth-order valence-electron chi connectivity index (χ4n) is 2.73. The fourth-order valence-corrected chi connectivity index (χ4v) is 2.92. The first-order chi connectivity index (χ1) is 12.0. The summed E-state index contributed by atoms with van der Waals surface area (Å²) in [5, 5.41) is 3.09. The van der Waals surface area contributed by atoms with Crippen LogP contribution in [0.5, 0.6) is 0 Å². The molecule has 2 aromatic rings. The van der Waals surface area contributed by atoms with Gasteiger partial charge in [-0.15, -0.1) is 0 Å². The molecule has 0 atom stereocenters. The van der Waals surface area contributed by atoms with Gasteiger partial charge in [0.05, 0.1) is 0 Å². The Bertz CT molecular complexity index is 791. The number of benzene rings is 2. The molecule has 5 nitrogen and oxygen atoms in total. The average Bonchev–Trinajstić information content (AvgIpc) is 2.61. The van der Waals surface area contributed by atoms with Crippen LogP contribution in [-0.2, 0) is 9.59 Å². The molecule has 1 aliphatic heterocycles. The minimum Gasteiger partial charge on any atom is -0.368 e. The number of halogens is 2. The average molecular weight is 362 g/mol. The van der Waals surface area contributed by atoms with Gasteiger partial charge in [-0.3, -0.25) is 9.59 Å². The van der Waals surface area contributed by atoms with E-state index >= 15 is 0 Å². The molecular formula is C18H17ClFN3O2. The van der Waals surface area contributed by atoms with Gasteiger partial charge in [0.15, 0.2) is 0 Å². The molecule has 3 rings (SSSR count). The zero-order valence-corrected chi connectivity index (χ0v) is 14.2. The van der Waals surface area contributed by atoms with Gasteiger partial charge < -0.3 is 15.1 Å². The summed E-state index contributed by atoms with van der Waals surface area (Å²) in [6, 6.07) is 13.0. The van der Waals surface area contributed by atoms with Crippen LogP contribution < -0.4 is 10.2 Å². The lowest BCUT2D eigenvalue weighted by molar-refractivity contribution is -0.143. The van der Waals surface area contributed by atoms with Crippen molar-refractivity contribution in [3.8, 4) is 0 Å². The summed E-state index contributed by atoms with van der Waals surface area (Å²) < 4.78 is 13.1. The molecule has 0 bridgehead atoms. The van der Waals surface area contributed by atoms with Crippen molar-refractivity contribution in [3.63, 3.8) is 0 Å². The highest BCUT2D eigenvalue weighted by atomic mass is 35.5. The summed E-state index contributed by atoms with van der Waals surface area (Å²) in [7, 11) is 0. The fraction of sp³-hybridized carbons (Fsp3) is 0.222. The van der Waals surface area contributed by atoms with E-state index in [0.29, 0.717) is 31.2 Å². The molecule has 2 amide bonds. The van der Waals surface area contributed by atoms with Gasteiger partial charge in [-0.25, -0.2) is 4.39 Å². The van der Waals surface area contributed by atoms with E-state index < -0.39 is 17.6 Å². The summed E-state index contributed by atoms with van der Waals surface area (Å²) in [6.07, 6.45) is 0. The molecule has 1 fully saturated rings. The predicted molar refractivity (Wildman–Crippen MR) is 95.3 cm³/mol. The highest BCUT2D eigenvalue weighted by Gasteiger charge is 2.26. The van der Waals surface area contributed by atoms with E-state index in [2.05, 4.69) is 10.2 Å². The van der Waals surface area contributed by atoms with Gasteiger partial charge >= 0.3 is 11.8 Å². The molecule has 1 N–H and O–H groups in total. The number of rotatable bonds is 2. The Hall–Kier alpha value is -2.60. The van der Waals surface area contributed by atoms with Crippen molar-refractivity contribution in [2.45, 2.75) is 0 Å². The van der Waals surface area contributed by atoms with Crippen LogP contribution in [0.3, 0.4) is 0 Å². The Balaban J connectivity index is 1.57. The summed E-state index contributed by atoms with van der Waals surface area (Å²) in [5.74, 6) is -1.85. The second-order valence-corrected chi connectivity index (χ2v) is 6.16. The van der Waals surface area contributed by atoms with Gasteiger partial charge in [0.25, 0.3) is 0 Å². The van der Waals surface area contributed by atoms with E-state index in [1.807, 2.05) is 24.3 Å². The summed E-state index contributed by atoms with van der Waals surface area (Å²) in [4.78, 5) is 27.9. The number of carbonyl (C=O) groups excluding carboxylic acids is 2. The number of piperazine rings is 1. The molecule has 0 aromatic heterocycles. The lowest BCUT2D eigenvalue weighted by atomic mass is 10.2. The zero-order valence-electron chi connectivity index (χ0n) is 13.4. The Kier molecular flexibility index (Phi) is 5.19.